The first-order valence-corrected chi connectivity index (χ1v) is 12.7. The SMILES string of the molecule is CC(=O)/C=C\N(C(C)=O)[C@H]1C[C@]2(O[Si](C)(C)C(C)(C)C)CCC[C@H](O)[C@@H]2O1. The largest absolute Gasteiger partial charge is 0.408 e. The van der Waals surface area contributed by atoms with Gasteiger partial charge in [0.15, 0.2) is 14.1 Å². The summed E-state index contributed by atoms with van der Waals surface area (Å²) < 4.78 is 13.0. The van der Waals surface area contributed by atoms with Gasteiger partial charge in [0.25, 0.3) is 0 Å². The maximum Gasteiger partial charge on any atom is 0.225 e. The highest BCUT2D eigenvalue weighted by Crippen LogP contribution is 2.49. The molecule has 0 aromatic carbocycles. The number of ether oxygens (including phenoxy) is 1. The summed E-state index contributed by atoms with van der Waals surface area (Å²) in [5.41, 5.74) is -0.594. The molecule has 1 amide bonds. The van der Waals surface area contributed by atoms with Crippen molar-refractivity contribution in [3.05, 3.63) is 12.3 Å². The van der Waals surface area contributed by atoms with E-state index in [2.05, 4.69) is 33.9 Å². The molecule has 154 valence electrons. The van der Waals surface area contributed by atoms with E-state index in [-0.39, 0.29) is 16.7 Å². The topological polar surface area (TPSA) is 76.1 Å². The van der Waals surface area contributed by atoms with Crippen LogP contribution in [-0.4, -0.2) is 54.1 Å². The maximum atomic E-state index is 12.2. The van der Waals surface area contributed by atoms with Crippen LogP contribution in [0.25, 0.3) is 0 Å². The Balaban J connectivity index is 2.35. The van der Waals surface area contributed by atoms with Crippen molar-refractivity contribution in [2.24, 2.45) is 0 Å². The standard InChI is InChI=1S/C20H35NO5Si/c1-14(22)10-12-21(15(2)23)17-13-20(26-27(6,7)19(3,4)5)11-8-9-16(24)18(20)25-17/h10,12,16-18,24H,8-9,11,13H2,1-7H3/b12-10-/t16-,17+,18-,20+/m0/s1. The molecule has 1 aliphatic carbocycles. The summed E-state index contributed by atoms with van der Waals surface area (Å²) in [5.74, 6) is -0.336. The van der Waals surface area contributed by atoms with Crippen molar-refractivity contribution in [1.82, 2.24) is 4.90 Å². The molecule has 1 N–H and O–H groups in total. The lowest BCUT2D eigenvalue weighted by Crippen LogP contribution is -2.57. The van der Waals surface area contributed by atoms with Crippen LogP contribution < -0.4 is 0 Å². The second-order valence-electron chi connectivity index (χ2n) is 9.45. The number of aliphatic hydroxyl groups excluding tert-OH is 1. The van der Waals surface area contributed by atoms with Gasteiger partial charge in [0.2, 0.25) is 5.91 Å². The zero-order valence-corrected chi connectivity index (χ0v) is 18.7. The number of carbonyl (C=O) groups excluding carboxylic acids is 2. The summed E-state index contributed by atoms with van der Waals surface area (Å²) in [7, 11) is -2.11. The summed E-state index contributed by atoms with van der Waals surface area (Å²) >= 11 is 0. The average molecular weight is 398 g/mol. The van der Waals surface area contributed by atoms with Crippen molar-refractivity contribution in [3.63, 3.8) is 0 Å². The second kappa shape index (κ2) is 7.77. The predicted molar refractivity (Wildman–Crippen MR) is 106 cm³/mol. The number of amides is 1. The van der Waals surface area contributed by atoms with E-state index in [4.69, 9.17) is 9.16 Å². The van der Waals surface area contributed by atoms with Crippen LogP contribution in [0.15, 0.2) is 12.3 Å². The third-order valence-electron chi connectivity index (χ3n) is 6.20. The number of nitrogens with zero attached hydrogens (tertiary/aromatic N) is 1. The average Bonchev–Trinajstić information content (AvgIpc) is 2.85. The lowest BCUT2D eigenvalue weighted by molar-refractivity contribution is -0.151. The van der Waals surface area contributed by atoms with E-state index < -0.39 is 32.4 Å². The Morgan fingerprint density at radius 2 is 1.93 bits per heavy atom. The number of fused-ring (bicyclic) bond motifs is 1. The van der Waals surface area contributed by atoms with Crippen LogP contribution in [0.1, 0.15) is 60.3 Å². The molecule has 0 spiro atoms. The fourth-order valence-electron chi connectivity index (χ4n) is 3.77. The summed E-state index contributed by atoms with van der Waals surface area (Å²) in [5, 5.41) is 10.7. The molecule has 7 heteroatoms. The number of ketones is 1. The van der Waals surface area contributed by atoms with Gasteiger partial charge in [-0.1, -0.05) is 20.8 Å². The second-order valence-corrected chi connectivity index (χ2v) is 14.2. The third-order valence-corrected chi connectivity index (χ3v) is 10.7. The van der Waals surface area contributed by atoms with Gasteiger partial charge < -0.3 is 14.3 Å². The lowest BCUT2D eigenvalue weighted by atomic mass is 9.80. The molecule has 4 atom stereocenters. The molecule has 0 radical (unpaired) electrons. The maximum absolute atomic E-state index is 12.2. The predicted octanol–water partition coefficient (Wildman–Crippen LogP) is 3.36. The molecule has 2 fully saturated rings. The van der Waals surface area contributed by atoms with Gasteiger partial charge in [-0.05, 0) is 50.4 Å². The highest BCUT2D eigenvalue weighted by Gasteiger charge is 2.58. The zero-order chi connectivity index (χ0) is 20.6. The molecular formula is C20H35NO5Si. The van der Waals surface area contributed by atoms with E-state index in [0.717, 1.165) is 12.8 Å². The molecule has 0 bridgehead atoms. The number of hydrogen-bond acceptors (Lipinski definition) is 5. The summed E-state index contributed by atoms with van der Waals surface area (Å²) in [4.78, 5) is 24.9. The number of carbonyl (C=O) groups is 2. The molecule has 0 unspecified atom stereocenters. The normalized spacial score (nSPS) is 31.8. The molecule has 1 saturated carbocycles. The van der Waals surface area contributed by atoms with E-state index in [9.17, 15) is 14.7 Å². The van der Waals surface area contributed by atoms with Gasteiger partial charge in [0.05, 0.1) is 11.7 Å². The van der Waals surface area contributed by atoms with Crippen molar-refractivity contribution in [2.75, 3.05) is 0 Å². The van der Waals surface area contributed by atoms with E-state index in [1.54, 1.807) is 0 Å². The van der Waals surface area contributed by atoms with Crippen LogP contribution in [0.4, 0.5) is 0 Å². The minimum absolute atomic E-state index is 0.0293. The Morgan fingerprint density at radius 3 is 2.44 bits per heavy atom. The molecule has 1 saturated heterocycles. The van der Waals surface area contributed by atoms with E-state index >= 15 is 0 Å². The first-order valence-electron chi connectivity index (χ1n) is 9.80. The quantitative estimate of drug-likeness (QED) is 0.569. The Morgan fingerprint density at radius 1 is 1.30 bits per heavy atom. The minimum Gasteiger partial charge on any atom is -0.408 e. The Bertz CT molecular complexity index is 612. The number of allylic oxidation sites excluding steroid dienone is 1. The lowest BCUT2D eigenvalue weighted by Gasteiger charge is -2.48. The molecule has 27 heavy (non-hydrogen) atoms. The van der Waals surface area contributed by atoms with Crippen LogP contribution in [0, 0.1) is 0 Å². The summed E-state index contributed by atoms with van der Waals surface area (Å²) in [6, 6.07) is 0. The van der Waals surface area contributed by atoms with Crippen molar-refractivity contribution in [1.29, 1.82) is 0 Å². The van der Waals surface area contributed by atoms with Crippen LogP contribution in [-0.2, 0) is 18.8 Å². The molecule has 2 aliphatic rings. The highest BCUT2D eigenvalue weighted by molar-refractivity contribution is 6.74. The van der Waals surface area contributed by atoms with E-state index in [1.807, 2.05) is 0 Å². The Hall–Kier alpha value is -1.02. The van der Waals surface area contributed by atoms with Gasteiger partial charge in [-0.2, -0.15) is 0 Å². The number of aliphatic hydroxyl groups is 1. The smallest absolute Gasteiger partial charge is 0.225 e. The van der Waals surface area contributed by atoms with Crippen molar-refractivity contribution < 1.29 is 23.9 Å². The van der Waals surface area contributed by atoms with E-state index in [0.29, 0.717) is 12.8 Å². The molecule has 0 aromatic heterocycles. The Labute approximate surface area is 164 Å². The van der Waals surface area contributed by atoms with Crippen LogP contribution >= 0.6 is 0 Å². The van der Waals surface area contributed by atoms with Gasteiger partial charge in [-0.3, -0.25) is 14.5 Å². The fraction of sp³-hybridized carbons (Fsp3) is 0.800. The molecule has 0 aromatic rings. The third kappa shape index (κ3) is 4.70. The van der Waals surface area contributed by atoms with E-state index in [1.165, 1.54) is 31.0 Å². The Kier molecular flexibility index (Phi) is 6.41. The first kappa shape index (κ1) is 22.3. The monoisotopic (exact) mass is 397 g/mol. The first-order chi connectivity index (χ1) is 12.3. The molecule has 1 heterocycles. The molecular weight excluding hydrogens is 362 g/mol. The van der Waals surface area contributed by atoms with Gasteiger partial charge in [-0.25, -0.2) is 0 Å². The van der Waals surface area contributed by atoms with Crippen molar-refractivity contribution in [2.45, 2.75) is 102 Å². The fourth-order valence-corrected chi connectivity index (χ4v) is 5.39. The van der Waals surface area contributed by atoms with Crippen LogP contribution in [0.2, 0.25) is 18.1 Å². The highest BCUT2D eigenvalue weighted by atomic mass is 28.4. The zero-order valence-electron chi connectivity index (χ0n) is 17.7. The molecule has 6 nitrogen and oxygen atoms in total. The van der Waals surface area contributed by atoms with Gasteiger partial charge in [0, 0.05) is 19.5 Å². The van der Waals surface area contributed by atoms with Crippen molar-refractivity contribution >= 4 is 20.0 Å². The minimum atomic E-state index is -2.11. The summed E-state index contributed by atoms with van der Waals surface area (Å²) in [6.07, 6.45) is 4.08. The van der Waals surface area contributed by atoms with Crippen LogP contribution in [0.3, 0.4) is 0 Å². The van der Waals surface area contributed by atoms with Gasteiger partial charge in [-0.15, -0.1) is 0 Å². The van der Waals surface area contributed by atoms with Crippen molar-refractivity contribution in [3.8, 4) is 0 Å². The summed E-state index contributed by atoms with van der Waals surface area (Å²) in [6.45, 7) is 13.9. The molecule has 2 rings (SSSR count). The van der Waals surface area contributed by atoms with Gasteiger partial charge in [0.1, 0.15) is 12.3 Å². The van der Waals surface area contributed by atoms with Gasteiger partial charge >= 0.3 is 0 Å². The number of hydrogen-bond donors (Lipinski definition) is 1. The van der Waals surface area contributed by atoms with Crippen LogP contribution in [0.5, 0.6) is 0 Å². The number of rotatable bonds is 5. The molecule has 1 aliphatic heterocycles.